The summed E-state index contributed by atoms with van der Waals surface area (Å²) in [5, 5.41) is 0. The summed E-state index contributed by atoms with van der Waals surface area (Å²) in [5.74, 6) is 0.511. The Bertz CT molecular complexity index is 668. The molecule has 1 unspecified atom stereocenters. The van der Waals surface area contributed by atoms with E-state index in [1.807, 2.05) is 20.8 Å². The normalized spacial score (nSPS) is 14.4. The third kappa shape index (κ3) is 4.73. The summed E-state index contributed by atoms with van der Waals surface area (Å²) >= 11 is 0. The van der Waals surface area contributed by atoms with Gasteiger partial charge in [-0.3, -0.25) is 0 Å². The van der Waals surface area contributed by atoms with Gasteiger partial charge in [0.15, 0.2) is 0 Å². The lowest BCUT2D eigenvalue weighted by Gasteiger charge is -2.16. The van der Waals surface area contributed by atoms with Gasteiger partial charge < -0.3 is 0 Å². The van der Waals surface area contributed by atoms with Crippen LogP contribution in [0, 0.1) is 11.8 Å². The van der Waals surface area contributed by atoms with Gasteiger partial charge in [-0.15, -0.1) is 0 Å². The molecule has 0 aliphatic carbocycles. The van der Waals surface area contributed by atoms with Gasteiger partial charge in [0.05, 0.1) is 9.79 Å². The van der Waals surface area contributed by atoms with Crippen LogP contribution >= 0.6 is 10.7 Å². The molecule has 0 bridgehead atoms. The molecular weight excluding hydrogens is 322 g/mol. The maximum atomic E-state index is 12.1. The van der Waals surface area contributed by atoms with Gasteiger partial charge in [0.1, 0.15) is 0 Å². The minimum Gasteiger partial charge on any atom is -0.211 e. The molecule has 0 amide bonds. The van der Waals surface area contributed by atoms with E-state index >= 15 is 0 Å². The number of hydrogen-bond acceptors (Lipinski definition) is 4. The zero-order valence-electron chi connectivity index (χ0n) is 11.5. The molecule has 1 N–H and O–H groups in total. The van der Waals surface area contributed by atoms with Crippen molar-refractivity contribution in [3.63, 3.8) is 0 Å². The topological polar surface area (TPSA) is 80.3 Å². The Labute approximate surface area is 124 Å². The average Bonchev–Trinajstić information content (AvgIpc) is 2.35. The summed E-state index contributed by atoms with van der Waals surface area (Å²) in [6.45, 7) is 6.23. The van der Waals surface area contributed by atoms with Crippen LogP contribution in [0.5, 0.6) is 0 Å². The molecule has 5 nitrogen and oxygen atoms in total. The highest BCUT2D eigenvalue weighted by Crippen LogP contribution is 2.19. The van der Waals surface area contributed by atoms with Gasteiger partial charge >= 0.3 is 0 Å². The van der Waals surface area contributed by atoms with Crippen molar-refractivity contribution in [2.24, 2.45) is 11.8 Å². The van der Waals surface area contributed by atoms with Crippen LogP contribution in [0.15, 0.2) is 34.1 Å². The SMILES string of the molecule is CC(C)C(C)CNS(=O)(=O)c1cccc(S(=O)(=O)Cl)c1. The Morgan fingerprint density at radius 1 is 1.10 bits per heavy atom. The molecule has 0 radical (unpaired) electrons. The van der Waals surface area contributed by atoms with E-state index < -0.39 is 19.1 Å². The Kier molecular flexibility index (Phi) is 5.60. The van der Waals surface area contributed by atoms with Crippen LogP contribution in [0.3, 0.4) is 0 Å². The molecule has 1 rings (SSSR count). The molecule has 114 valence electrons. The van der Waals surface area contributed by atoms with E-state index in [4.69, 9.17) is 10.7 Å². The first kappa shape index (κ1) is 17.4. The highest BCUT2D eigenvalue weighted by atomic mass is 35.7. The molecule has 0 saturated carbocycles. The maximum Gasteiger partial charge on any atom is 0.261 e. The summed E-state index contributed by atoms with van der Waals surface area (Å²) < 4.78 is 49.1. The molecule has 8 heteroatoms. The van der Waals surface area contributed by atoms with Crippen molar-refractivity contribution < 1.29 is 16.8 Å². The predicted molar refractivity (Wildman–Crippen MR) is 78.7 cm³/mol. The van der Waals surface area contributed by atoms with Gasteiger partial charge in [-0.1, -0.05) is 26.8 Å². The Balaban J connectivity index is 2.99. The van der Waals surface area contributed by atoms with Gasteiger partial charge in [0.25, 0.3) is 9.05 Å². The smallest absolute Gasteiger partial charge is 0.211 e. The summed E-state index contributed by atoms with van der Waals surface area (Å²) in [4.78, 5) is -0.353. The quantitative estimate of drug-likeness (QED) is 0.805. The molecule has 1 atom stereocenters. The van der Waals surface area contributed by atoms with E-state index in [9.17, 15) is 16.8 Å². The van der Waals surface area contributed by atoms with Crippen LogP contribution in [-0.2, 0) is 19.1 Å². The first-order valence-corrected chi connectivity index (χ1v) is 9.87. The van der Waals surface area contributed by atoms with Crippen LogP contribution in [0.4, 0.5) is 0 Å². The fourth-order valence-electron chi connectivity index (χ4n) is 1.35. The molecular formula is C12H18ClNO4S2. The molecule has 0 aliphatic heterocycles. The lowest BCUT2D eigenvalue weighted by atomic mass is 9.99. The first-order chi connectivity index (χ1) is 9.04. The lowest BCUT2D eigenvalue weighted by Crippen LogP contribution is -2.30. The summed E-state index contributed by atoms with van der Waals surface area (Å²) in [5.41, 5.74) is 0. The highest BCUT2D eigenvalue weighted by molar-refractivity contribution is 8.13. The molecule has 0 fully saturated rings. The van der Waals surface area contributed by atoms with Crippen molar-refractivity contribution in [1.82, 2.24) is 4.72 Å². The fraction of sp³-hybridized carbons (Fsp3) is 0.500. The monoisotopic (exact) mass is 339 g/mol. The van der Waals surface area contributed by atoms with E-state index in [0.717, 1.165) is 6.07 Å². The molecule has 0 spiro atoms. The molecule has 20 heavy (non-hydrogen) atoms. The second-order valence-electron chi connectivity index (χ2n) is 4.99. The summed E-state index contributed by atoms with van der Waals surface area (Å²) in [6, 6.07) is 4.96. The van der Waals surface area contributed by atoms with Gasteiger partial charge in [-0.05, 0) is 30.0 Å². The van der Waals surface area contributed by atoms with E-state index in [1.54, 1.807) is 0 Å². The predicted octanol–water partition coefficient (Wildman–Crippen LogP) is 2.18. The van der Waals surface area contributed by atoms with Crippen molar-refractivity contribution in [2.75, 3.05) is 6.54 Å². The number of sulfonamides is 1. The Morgan fingerprint density at radius 3 is 2.15 bits per heavy atom. The van der Waals surface area contributed by atoms with Gasteiger partial charge in [-0.25, -0.2) is 21.6 Å². The maximum absolute atomic E-state index is 12.1. The van der Waals surface area contributed by atoms with E-state index in [1.165, 1.54) is 18.2 Å². The molecule has 0 heterocycles. The third-order valence-corrected chi connectivity index (χ3v) is 5.90. The van der Waals surface area contributed by atoms with Crippen molar-refractivity contribution in [3.8, 4) is 0 Å². The van der Waals surface area contributed by atoms with E-state index in [-0.39, 0.29) is 22.3 Å². The molecule has 1 aromatic carbocycles. The zero-order chi connectivity index (χ0) is 15.6. The largest absolute Gasteiger partial charge is 0.261 e. The fourth-order valence-corrected chi connectivity index (χ4v) is 3.41. The van der Waals surface area contributed by atoms with Crippen LogP contribution < -0.4 is 4.72 Å². The second-order valence-corrected chi connectivity index (χ2v) is 9.32. The standard InChI is InChI=1S/C12H18ClNO4S2/c1-9(2)10(3)8-14-20(17,18)12-6-4-5-11(7-12)19(13,15)16/h4-7,9-10,14H,8H2,1-3H3. The number of rotatable bonds is 6. The zero-order valence-corrected chi connectivity index (χ0v) is 13.9. The first-order valence-electron chi connectivity index (χ1n) is 6.08. The van der Waals surface area contributed by atoms with Crippen LogP contribution in [0.25, 0.3) is 0 Å². The molecule has 0 aromatic heterocycles. The average molecular weight is 340 g/mol. The number of benzene rings is 1. The second kappa shape index (κ2) is 6.43. The molecule has 0 saturated heterocycles. The van der Waals surface area contributed by atoms with Gasteiger partial charge in [0, 0.05) is 17.2 Å². The number of halogens is 1. The van der Waals surface area contributed by atoms with Crippen molar-refractivity contribution >= 4 is 29.8 Å². The Hall–Kier alpha value is -0.630. The molecule has 1 aromatic rings. The van der Waals surface area contributed by atoms with Crippen LogP contribution in [0.2, 0.25) is 0 Å². The lowest BCUT2D eigenvalue weighted by molar-refractivity contribution is 0.414. The van der Waals surface area contributed by atoms with Crippen molar-refractivity contribution in [1.29, 1.82) is 0 Å². The minimum atomic E-state index is -3.95. The number of hydrogen-bond donors (Lipinski definition) is 1. The van der Waals surface area contributed by atoms with Crippen molar-refractivity contribution in [2.45, 2.75) is 30.6 Å². The summed E-state index contributed by atoms with van der Waals surface area (Å²) in [6.07, 6.45) is 0. The van der Waals surface area contributed by atoms with Gasteiger partial charge in [0.2, 0.25) is 10.0 Å². The van der Waals surface area contributed by atoms with E-state index in [2.05, 4.69) is 4.72 Å². The van der Waals surface area contributed by atoms with Crippen LogP contribution in [0.1, 0.15) is 20.8 Å². The van der Waals surface area contributed by atoms with Crippen LogP contribution in [-0.4, -0.2) is 23.4 Å². The third-order valence-electron chi connectivity index (χ3n) is 3.13. The van der Waals surface area contributed by atoms with Crippen molar-refractivity contribution in [3.05, 3.63) is 24.3 Å². The van der Waals surface area contributed by atoms with Gasteiger partial charge in [-0.2, -0.15) is 0 Å². The number of nitrogens with one attached hydrogen (secondary N) is 1. The Morgan fingerprint density at radius 2 is 1.65 bits per heavy atom. The van der Waals surface area contributed by atoms with E-state index in [0.29, 0.717) is 5.92 Å². The summed E-state index contributed by atoms with van der Waals surface area (Å²) in [7, 11) is -2.49. The molecule has 0 aliphatic rings. The minimum absolute atomic E-state index is 0.116. The highest BCUT2D eigenvalue weighted by Gasteiger charge is 2.19.